The number of nitrogens with one attached hydrogen (secondary N) is 1. The second kappa shape index (κ2) is 6.95. The molecule has 1 aromatic rings. The van der Waals surface area contributed by atoms with Crippen molar-refractivity contribution >= 4 is 40.9 Å². The number of carboxylic acid groups (broad SMARTS) is 1. The van der Waals surface area contributed by atoms with Crippen LogP contribution in [0.5, 0.6) is 0 Å². The number of thioether (sulfide) groups is 1. The Morgan fingerprint density at radius 3 is 2.86 bits per heavy atom. The molecule has 21 heavy (non-hydrogen) atoms. The monoisotopic (exact) mass is 328 g/mol. The van der Waals surface area contributed by atoms with E-state index in [2.05, 4.69) is 5.32 Å². The maximum absolute atomic E-state index is 12.3. The largest absolute Gasteiger partial charge is 0.481 e. The van der Waals surface area contributed by atoms with Crippen LogP contribution in [-0.2, 0) is 14.4 Å². The summed E-state index contributed by atoms with van der Waals surface area (Å²) in [5.41, 5.74) is 0. The number of hydrogen-bond acceptors (Lipinski definition) is 5. The Hall–Kier alpha value is -1.54. The average molecular weight is 328 g/mol. The number of rotatable bonds is 5. The highest BCUT2D eigenvalue weighted by Crippen LogP contribution is 2.25. The van der Waals surface area contributed by atoms with Crippen molar-refractivity contribution in [2.45, 2.75) is 25.4 Å². The SMILES string of the molecule is CC(=O)N1CSC[C@@H]1C(=O)N[C@@H](CC(=O)O)c1cccs1. The molecule has 1 fully saturated rings. The van der Waals surface area contributed by atoms with E-state index in [0.717, 1.165) is 4.88 Å². The third-order valence-electron chi connectivity index (χ3n) is 3.17. The van der Waals surface area contributed by atoms with Crippen LogP contribution in [0.4, 0.5) is 0 Å². The molecule has 0 spiro atoms. The summed E-state index contributed by atoms with van der Waals surface area (Å²) < 4.78 is 0. The van der Waals surface area contributed by atoms with E-state index in [-0.39, 0.29) is 18.2 Å². The van der Waals surface area contributed by atoms with Gasteiger partial charge >= 0.3 is 5.97 Å². The van der Waals surface area contributed by atoms with E-state index < -0.39 is 18.1 Å². The molecule has 0 radical (unpaired) electrons. The summed E-state index contributed by atoms with van der Waals surface area (Å²) in [4.78, 5) is 37.1. The van der Waals surface area contributed by atoms with Gasteiger partial charge in [0.2, 0.25) is 11.8 Å². The molecule has 2 atom stereocenters. The molecule has 0 saturated carbocycles. The maximum atomic E-state index is 12.3. The molecule has 2 heterocycles. The number of carbonyl (C=O) groups excluding carboxylic acids is 2. The number of nitrogens with zero attached hydrogens (tertiary/aromatic N) is 1. The van der Waals surface area contributed by atoms with Gasteiger partial charge < -0.3 is 15.3 Å². The molecule has 6 nitrogen and oxygen atoms in total. The van der Waals surface area contributed by atoms with E-state index in [1.807, 2.05) is 11.4 Å². The fraction of sp³-hybridized carbons (Fsp3) is 0.462. The van der Waals surface area contributed by atoms with Gasteiger partial charge in [0.15, 0.2) is 0 Å². The molecule has 0 aliphatic carbocycles. The Morgan fingerprint density at radius 2 is 2.29 bits per heavy atom. The summed E-state index contributed by atoms with van der Waals surface area (Å²) in [6.07, 6.45) is -0.174. The lowest BCUT2D eigenvalue weighted by Crippen LogP contribution is -2.47. The Kier molecular flexibility index (Phi) is 5.24. The lowest BCUT2D eigenvalue weighted by atomic mass is 10.1. The highest BCUT2D eigenvalue weighted by atomic mass is 32.2. The van der Waals surface area contributed by atoms with Gasteiger partial charge in [-0.1, -0.05) is 6.07 Å². The van der Waals surface area contributed by atoms with Crippen molar-refractivity contribution < 1.29 is 19.5 Å². The minimum Gasteiger partial charge on any atom is -0.481 e. The average Bonchev–Trinajstić information content (AvgIpc) is 3.08. The Labute approximate surface area is 130 Å². The molecule has 1 aromatic heterocycles. The van der Waals surface area contributed by atoms with Gasteiger partial charge in [0.05, 0.1) is 18.3 Å². The first-order valence-corrected chi connectivity index (χ1v) is 8.43. The van der Waals surface area contributed by atoms with E-state index in [1.165, 1.54) is 34.9 Å². The molecule has 1 aliphatic rings. The number of aliphatic carboxylic acids is 1. The third-order valence-corrected chi connectivity index (χ3v) is 5.17. The van der Waals surface area contributed by atoms with Crippen LogP contribution in [0.25, 0.3) is 0 Å². The molecule has 0 unspecified atom stereocenters. The Morgan fingerprint density at radius 1 is 1.52 bits per heavy atom. The molecule has 1 aliphatic heterocycles. The van der Waals surface area contributed by atoms with Gasteiger partial charge in [0.25, 0.3) is 0 Å². The summed E-state index contributed by atoms with van der Waals surface area (Å²) in [7, 11) is 0. The lowest BCUT2D eigenvalue weighted by molar-refractivity contribution is -0.139. The first-order chi connectivity index (χ1) is 9.99. The van der Waals surface area contributed by atoms with Gasteiger partial charge in [0, 0.05) is 17.6 Å². The molecule has 2 rings (SSSR count). The van der Waals surface area contributed by atoms with Crippen molar-refractivity contribution in [1.29, 1.82) is 0 Å². The van der Waals surface area contributed by atoms with Crippen LogP contribution in [0.15, 0.2) is 17.5 Å². The van der Waals surface area contributed by atoms with Crippen molar-refractivity contribution in [3.63, 3.8) is 0 Å². The van der Waals surface area contributed by atoms with Crippen molar-refractivity contribution in [2.24, 2.45) is 0 Å². The number of amides is 2. The number of carbonyl (C=O) groups is 3. The molecule has 0 aromatic carbocycles. The van der Waals surface area contributed by atoms with Gasteiger partial charge in [0.1, 0.15) is 6.04 Å². The quantitative estimate of drug-likeness (QED) is 0.851. The molecule has 8 heteroatoms. The first kappa shape index (κ1) is 15.8. The second-order valence-electron chi connectivity index (χ2n) is 4.68. The van der Waals surface area contributed by atoms with Crippen LogP contribution in [0.1, 0.15) is 24.3 Å². The van der Waals surface area contributed by atoms with Crippen LogP contribution in [0, 0.1) is 0 Å². The fourth-order valence-corrected chi connectivity index (χ4v) is 4.12. The Bertz CT molecular complexity index is 532. The second-order valence-corrected chi connectivity index (χ2v) is 6.66. The number of hydrogen-bond donors (Lipinski definition) is 2. The summed E-state index contributed by atoms with van der Waals surface area (Å²) in [5, 5.41) is 13.6. The number of carboxylic acids is 1. The van der Waals surface area contributed by atoms with Gasteiger partial charge in [-0.3, -0.25) is 14.4 Å². The summed E-state index contributed by atoms with van der Waals surface area (Å²) in [6.45, 7) is 1.43. The Balaban J connectivity index is 2.07. The molecular formula is C13H16N2O4S2. The fourth-order valence-electron chi connectivity index (χ4n) is 2.13. The van der Waals surface area contributed by atoms with Crippen LogP contribution >= 0.6 is 23.1 Å². The first-order valence-electron chi connectivity index (χ1n) is 6.39. The van der Waals surface area contributed by atoms with Crippen LogP contribution in [0.3, 0.4) is 0 Å². The summed E-state index contributed by atoms with van der Waals surface area (Å²) in [6, 6.07) is 2.53. The highest BCUT2D eigenvalue weighted by Gasteiger charge is 2.34. The minimum atomic E-state index is -0.974. The number of thiophene rings is 1. The summed E-state index contributed by atoms with van der Waals surface area (Å²) in [5.74, 6) is -0.384. The molecule has 2 N–H and O–H groups in total. The standard InChI is InChI=1S/C13H16N2O4S2/c1-8(16)15-7-20-6-10(15)13(19)14-9(5-12(17)18)11-3-2-4-21-11/h2-4,9-10H,5-7H2,1H3,(H,14,19)(H,17,18)/t9-,10+/m0/s1. The van der Waals surface area contributed by atoms with Crippen LogP contribution < -0.4 is 5.32 Å². The van der Waals surface area contributed by atoms with E-state index in [1.54, 1.807) is 6.07 Å². The van der Waals surface area contributed by atoms with Gasteiger partial charge in [-0.2, -0.15) is 0 Å². The van der Waals surface area contributed by atoms with Crippen LogP contribution in [0.2, 0.25) is 0 Å². The van der Waals surface area contributed by atoms with Crippen molar-refractivity contribution in [2.75, 3.05) is 11.6 Å². The predicted octanol–water partition coefficient (Wildman–Crippen LogP) is 1.30. The zero-order valence-electron chi connectivity index (χ0n) is 11.4. The predicted molar refractivity (Wildman–Crippen MR) is 81.1 cm³/mol. The van der Waals surface area contributed by atoms with E-state index in [9.17, 15) is 14.4 Å². The normalized spacial score (nSPS) is 19.3. The molecule has 114 valence electrons. The third kappa shape index (κ3) is 3.98. The maximum Gasteiger partial charge on any atom is 0.305 e. The van der Waals surface area contributed by atoms with Crippen molar-refractivity contribution in [1.82, 2.24) is 10.2 Å². The zero-order chi connectivity index (χ0) is 15.4. The molecule has 1 saturated heterocycles. The topological polar surface area (TPSA) is 86.7 Å². The van der Waals surface area contributed by atoms with Gasteiger partial charge in [-0.15, -0.1) is 23.1 Å². The van der Waals surface area contributed by atoms with Crippen LogP contribution in [-0.4, -0.2) is 45.5 Å². The van der Waals surface area contributed by atoms with E-state index in [4.69, 9.17) is 5.11 Å². The molecule has 0 bridgehead atoms. The molecule has 2 amide bonds. The molecular weight excluding hydrogens is 312 g/mol. The van der Waals surface area contributed by atoms with E-state index in [0.29, 0.717) is 11.6 Å². The smallest absolute Gasteiger partial charge is 0.305 e. The van der Waals surface area contributed by atoms with Gasteiger partial charge in [-0.25, -0.2) is 0 Å². The van der Waals surface area contributed by atoms with Crippen molar-refractivity contribution in [3.8, 4) is 0 Å². The highest BCUT2D eigenvalue weighted by molar-refractivity contribution is 7.99. The lowest BCUT2D eigenvalue weighted by Gasteiger charge is -2.24. The summed E-state index contributed by atoms with van der Waals surface area (Å²) >= 11 is 2.92. The van der Waals surface area contributed by atoms with Gasteiger partial charge in [-0.05, 0) is 11.4 Å². The van der Waals surface area contributed by atoms with Crippen molar-refractivity contribution in [3.05, 3.63) is 22.4 Å². The van der Waals surface area contributed by atoms with E-state index >= 15 is 0 Å². The minimum absolute atomic E-state index is 0.147. The zero-order valence-corrected chi connectivity index (χ0v) is 13.1.